The van der Waals surface area contributed by atoms with Crippen molar-refractivity contribution in [1.82, 2.24) is 19.9 Å². The zero-order valence-corrected chi connectivity index (χ0v) is 16.9. The van der Waals surface area contributed by atoms with E-state index < -0.39 is 0 Å². The monoisotopic (exact) mass is 386 g/mol. The molecule has 5 nitrogen and oxygen atoms in total. The van der Waals surface area contributed by atoms with E-state index in [9.17, 15) is 5.11 Å². The van der Waals surface area contributed by atoms with Crippen molar-refractivity contribution >= 4 is 11.2 Å². The van der Waals surface area contributed by atoms with Crippen LogP contribution in [0.25, 0.3) is 33.7 Å². The SMILES string of the molecule is CCCN(CO)Cc1cc(-c2ccc(-c3nc4ncccc4[nH]3)cc2)ccc1C. The number of hydrogen-bond donors (Lipinski definition) is 2. The average Bonchev–Trinajstić information content (AvgIpc) is 3.19. The summed E-state index contributed by atoms with van der Waals surface area (Å²) in [5.74, 6) is 0.827. The van der Waals surface area contributed by atoms with Crippen LogP contribution in [0, 0.1) is 6.92 Å². The van der Waals surface area contributed by atoms with Crippen LogP contribution >= 0.6 is 0 Å². The summed E-state index contributed by atoms with van der Waals surface area (Å²) < 4.78 is 0. The standard InChI is InChI=1S/C24H26N4O/c1-3-13-28(16-29)15-21-14-20(7-6-17(21)2)18-8-10-19(11-9-18)23-26-22-5-4-12-25-24(22)27-23/h4-12,14,29H,3,13,15-16H2,1-2H3,(H,25,26,27). The van der Waals surface area contributed by atoms with Gasteiger partial charge < -0.3 is 10.1 Å². The minimum absolute atomic E-state index is 0.0819. The van der Waals surface area contributed by atoms with Crippen LogP contribution in [-0.2, 0) is 6.54 Å². The highest BCUT2D eigenvalue weighted by atomic mass is 16.3. The van der Waals surface area contributed by atoms with E-state index in [1.54, 1.807) is 6.20 Å². The second kappa shape index (κ2) is 8.55. The van der Waals surface area contributed by atoms with Crippen LogP contribution in [0.2, 0.25) is 0 Å². The molecule has 0 spiro atoms. The van der Waals surface area contributed by atoms with Gasteiger partial charge in [0.2, 0.25) is 0 Å². The number of aromatic amines is 1. The third-order valence-corrected chi connectivity index (χ3v) is 5.23. The molecule has 148 valence electrons. The van der Waals surface area contributed by atoms with Crippen LogP contribution in [0.1, 0.15) is 24.5 Å². The fourth-order valence-electron chi connectivity index (χ4n) is 3.58. The van der Waals surface area contributed by atoms with Gasteiger partial charge in [0.25, 0.3) is 0 Å². The Labute approximate surface area is 171 Å². The molecule has 0 amide bonds. The van der Waals surface area contributed by atoms with Crippen molar-refractivity contribution in [3.05, 3.63) is 71.9 Å². The lowest BCUT2D eigenvalue weighted by atomic mass is 9.98. The third-order valence-electron chi connectivity index (χ3n) is 5.23. The molecule has 2 heterocycles. The van der Waals surface area contributed by atoms with Gasteiger partial charge in [0.1, 0.15) is 5.82 Å². The van der Waals surface area contributed by atoms with E-state index in [1.165, 1.54) is 16.7 Å². The number of benzene rings is 2. The van der Waals surface area contributed by atoms with Crippen molar-refractivity contribution in [2.75, 3.05) is 13.3 Å². The van der Waals surface area contributed by atoms with Gasteiger partial charge in [-0.05, 0) is 53.8 Å². The van der Waals surface area contributed by atoms with E-state index in [1.807, 2.05) is 12.1 Å². The zero-order valence-electron chi connectivity index (χ0n) is 16.9. The van der Waals surface area contributed by atoms with Gasteiger partial charge in [-0.2, -0.15) is 0 Å². The van der Waals surface area contributed by atoms with E-state index in [0.717, 1.165) is 47.6 Å². The lowest BCUT2D eigenvalue weighted by Crippen LogP contribution is -2.25. The summed E-state index contributed by atoms with van der Waals surface area (Å²) in [5.41, 5.74) is 7.54. The van der Waals surface area contributed by atoms with Crippen LogP contribution in [-0.4, -0.2) is 38.2 Å². The minimum Gasteiger partial charge on any atom is -0.381 e. The zero-order chi connectivity index (χ0) is 20.2. The van der Waals surface area contributed by atoms with Gasteiger partial charge in [-0.3, -0.25) is 4.90 Å². The maximum absolute atomic E-state index is 9.60. The molecule has 0 aliphatic rings. The number of fused-ring (bicyclic) bond motifs is 1. The Balaban J connectivity index is 1.59. The quantitative estimate of drug-likeness (QED) is 0.449. The Morgan fingerprint density at radius 3 is 2.48 bits per heavy atom. The van der Waals surface area contributed by atoms with Gasteiger partial charge >= 0.3 is 0 Å². The molecule has 0 saturated heterocycles. The molecule has 5 heteroatoms. The molecule has 2 aromatic carbocycles. The second-order valence-corrected chi connectivity index (χ2v) is 7.37. The fourth-order valence-corrected chi connectivity index (χ4v) is 3.58. The van der Waals surface area contributed by atoms with Crippen LogP contribution in [0.3, 0.4) is 0 Å². The molecule has 0 aliphatic carbocycles. The number of nitrogens with one attached hydrogen (secondary N) is 1. The molecule has 4 rings (SSSR count). The first-order chi connectivity index (χ1) is 14.2. The van der Waals surface area contributed by atoms with Crippen molar-refractivity contribution < 1.29 is 5.11 Å². The van der Waals surface area contributed by atoms with Crippen LogP contribution in [0.5, 0.6) is 0 Å². The molecule has 2 aromatic heterocycles. The van der Waals surface area contributed by atoms with Crippen molar-refractivity contribution in [2.45, 2.75) is 26.8 Å². The number of imidazole rings is 1. The molecule has 29 heavy (non-hydrogen) atoms. The van der Waals surface area contributed by atoms with E-state index >= 15 is 0 Å². The van der Waals surface area contributed by atoms with Gasteiger partial charge in [0, 0.05) is 24.8 Å². The first kappa shape index (κ1) is 19.3. The number of hydrogen-bond acceptors (Lipinski definition) is 4. The molecule has 2 N–H and O–H groups in total. The van der Waals surface area contributed by atoms with Crippen molar-refractivity contribution in [1.29, 1.82) is 0 Å². The molecule has 0 bridgehead atoms. The Bertz CT molecular complexity index is 1070. The van der Waals surface area contributed by atoms with E-state index in [4.69, 9.17) is 0 Å². The molecule has 0 atom stereocenters. The molecular formula is C24H26N4O. The van der Waals surface area contributed by atoms with Gasteiger partial charge in [-0.25, -0.2) is 9.97 Å². The first-order valence-corrected chi connectivity index (χ1v) is 10.0. The van der Waals surface area contributed by atoms with Gasteiger partial charge in [-0.1, -0.05) is 43.3 Å². The maximum atomic E-state index is 9.60. The van der Waals surface area contributed by atoms with Crippen LogP contribution < -0.4 is 0 Å². The fraction of sp³-hybridized carbons (Fsp3) is 0.250. The number of rotatable bonds is 7. The van der Waals surface area contributed by atoms with Crippen LogP contribution in [0.4, 0.5) is 0 Å². The molecule has 0 radical (unpaired) electrons. The number of aromatic nitrogens is 3. The lowest BCUT2D eigenvalue weighted by Gasteiger charge is -2.20. The lowest BCUT2D eigenvalue weighted by molar-refractivity contribution is 0.101. The summed E-state index contributed by atoms with van der Waals surface area (Å²) in [7, 11) is 0. The summed E-state index contributed by atoms with van der Waals surface area (Å²) in [6.45, 7) is 5.98. The summed E-state index contributed by atoms with van der Waals surface area (Å²) in [6.07, 6.45) is 2.78. The normalized spacial score (nSPS) is 11.4. The largest absolute Gasteiger partial charge is 0.381 e. The minimum atomic E-state index is 0.0819. The summed E-state index contributed by atoms with van der Waals surface area (Å²) in [5, 5.41) is 9.60. The second-order valence-electron chi connectivity index (χ2n) is 7.37. The Morgan fingerprint density at radius 2 is 1.76 bits per heavy atom. The summed E-state index contributed by atoms with van der Waals surface area (Å²) in [6, 6.07) is 18.9. The number of H-pyrrole nitrogens is 1. The molecule has 0 aliphatic heterocycles. The van der Waals surface area contributed by atoms with E-state index in [2.05, 4.69) is 76.2 Å². The Kier molecular flexibility index (Phi) is 5.69. The molecular weight excluding hydrogens is 360 g/mol. The number of aliphatic hydroxyl groups is 1. The molecule has 0 saturated carbocycles. The van der Waals surface area contributed by atoms with Crippen LogP contribution in [0.15, 0.2) is 60.8 Å². The summed E-state index contributed by atoms with van der Waals surface area (Å²) >= 11 is 0. The predicted molar refractivity (Wildman–Crippen MR) is 117 cm³/mol. The van der Waals surface area contributed by atoms with Gasteiger partial charge in [0.05, 0.1) is 12.2 Å². The topological polar surface area (TPSA) is 65.0 Å². The maximum Gasteiger partial charge on any atom is 0.178 e. The number of aryl methyl sites for hydroxylation is 1. The molecule has 0 fully saturated rings. The van der Waals surface area contributed by atoms with Crippen molar-refractivity contribution in [3.8, 4) is 22.5 Å². The third kappa shape index (κ3) is 4.21. The molecule has 4 aromatic rings. The first-order valence-electron chi connectivity index (χ1n) is 10.0. The highest BCUT2D eigenvalue weighted by Crippen LogP contribution is 2.26. The van der Waals surface area contributed by atoms with Crippen molar-refractivity contribution in [3.63, 3.8) is 0 Å². The van der Waals surface area contributed by atoms with Gasteiger partial charge in [-0.15, -0.1) is 0 Å². The number of nitrogens with zero attached hydrogens (tertiary/aromatic N) is 3. The smallest absolute Gasteiger partial charge is 0.178 e. The van der Waals surface area contributed by atoms with Crippen molar-refractivity contribution in [2.24, 2.45) is 0 Å². The summed E-state index contributed by atoms with van der Waals surface area (Å²) in [4.78, 5) is 14.2. The highest BCUT2D eigenvalue weighted by molar-refractivity contribution is 5.76. The average molecular weight is 386 g/mol. The molecule has 0 unspecified atom stereocenters. The van der Waals surface area contributed by atoms with Gasteiger partial charge in [0.15, 0.2) is 5.65 Å². The Hall–Kier alpha value is -3.02. The number of pyridine rings is 1. The van der Waals surface area contributed by atoms with E-state index in [0.29, 0.717) is 0 Å². The number of aliphatic hydroxyl groups excluding tert-OH is 1. The highest BCUT2D eigenvalue weighted by Gasteiger charge is 2.09. The van der Waals surface area contributed by atoms with E-state index in [-0.39, 0.29) is 6.73 Å². The predicted octanol–water partition coefficient (Wildman–Crippen LogP) is 4.76. The Morgan fingerprint density at radius 1 is 1.00 bits per heavy atom.